The van der Waals surface area contributed by atoms with E-state index < -0.39 is 0 Å². The molecule has 0 N–H and O–H groups in total. The van der Waals surface area contributed by atoms with Crippen LogP contribution in [0.25, 0.3) is 0 Å². The zero-order valence-corrected chi connectivity index (χ0v) is 16.3. The topological polar surface area (TPSA) is 54.0 Å². The van der Waals surface area contributed by atoms with E-state index in [1.54, 1.807) is 7.11 Å². The van der Waals surface area contributed by atoms with Gasteiger partial charge in [0.25, 0.3) is 0 Å². The van der Waals surface area contributed by atoms with Crippen LogP contribution in [-0.4, -0.2) is 51.2 Å². The molecule has 0 amide bonds. The molecule has 0 fully saturated rings. The van der Waals surface area contributed by atoms with E-state index in [-0.39, 0.29) is 24.3 Å². The van der Waals surface area contributed by atoms with Gasteiger partial charge in [-0.25, -0.2) is 0 Å². The van der Waals surface area contributed by atoms with Crippen molar-refractivity contribution < 1.29 is 23.7 Å². The molecule has 24 heavy (non-hydrogen) atoms. The Balaban J connectivity index is 3.62. The van der Waals surface area contributed by atoms with Crippen molar-refractivity contribution in [2.45, 2.75) is 91.0 Å². The molecule has 0 aliphatic carbocycles. The van der Waals surface area contributed by atoms with Gasteiger partial charge < -0.3 is 18.9 Å². The molecule has 0 aromatic carbocycles. The second-order valence-electron chi connectivity index (χ2n) is 6.56. The van der Waals surface area contributed by atoms with Crippen LogP contribution in [0.15, 0.2) is 0 Å². The lowest BCUT2D eigenvalue weighted by Crippen LogP contribution is -2.27. The first-order valence-electron chi connectivity index (χ1n) is 9.41. The van der Waals surface area contributed by atoms with Crippen LogP contribution in [0.1, 0.15) is 72.6 Å². The minimum atomic E-state index is -0.226. The van der Waals surface area contributed by atoms with Crippen LogP contribution in [0.5, 0.6) is 0 Å². The summed E-state index contributed by atoms with van der Waals surface area (Å²) in [4.78, 5) is 11.8. The molecule has 5 nitrogen and oxygen atoms in total. The van der Waals surface area contributed by atoms with Crippen molar-refractivity contribution in [2.24, 2.45) is 0 Å². The van der Waals surface area contributed by atoms with Crippen LogP contribution in [0.4, 0.5) is 0 Å². The lowest BCUT2D eigenvalue weighted by atomic mass is 10.1. The van der Waals surface area contributed by atoms with Gasteiger partial charge in [-0.1, -0.05) is 39.0 Å². The third-order valence-corrected chi connectivity index (χ3v) is 3.70. The van der Waals surface area contributed by atoms with E-state index in [4.69, 9.17) is 18.9 Å². The summed E-state index contributed by atoms with van der Waals surface area (Å²) in [6.07, 6.45) is 7.31. The smallest absolute Gasteiger partial charge is 0.306 e. The van der Waals surface area contributed by atoms with Crippen molar-refractivity contribution >= 4 is 5.97 Å². The molecule has 0 aliphatic rings. The van der Waals surface area contributed by atoms with Gasteiger partial charge in [0.05, 0.1) is 32.0 Å². The lowest BCUT2D eigenvalue weighted by molar-refractivity contribution is -0.153. The minimum absolute atomic E-state index is 0.0379. The summed E-state index contributed by atoms with van der Waals surface area (Å²) in [5.41, 5.74) is 0. The van der Waals surface area contributed by atoms with Gasteiger partial charge in [-0.15, -0.1) is 0 Å². The van der Waals surface area contributed by atoms with E-state index in [1.807, 2.05) is 20.8 Å². The first kappa shape index (κ1) is 23.4. The molecule has 0 aliphatic heterocycles. The third-order valence-electron chi connectivity index (χ3n) is 3.70. The molecule has 0 saturated heterocycles. The average molecular weight is 347 g/mol. The molecule has 0 radical (unpaired) electrons. The Morgan fingerprint density at radius 2 is 1.33 bits per heavy atom. The number of unbranched alkanes of at least 4 members (excludes halogenated alkanes) is 5. The second kappa shape index (κ2) is 15.9. The summed E-state index contributed by atoms with van der Waals surface area (Å²) < 4.78 is 21.6. The van der Waals surface area contributed by atoms with Crippen LogP contribution in [0.2, 0.25) is 0 Å². The first-order valence-corrected chi connectivity index (χ1v) is 9.41. The number of carbonyl (C=O) groups excluding carboxylic acids is 1. The number of carbonyl (C=O) groups is 1. The highest BCUT2D eigenvalue weighted by Gasteiger charge is 2.12. The van der Waals surface area contributed by atoms with Gasteiger partial charge in [0.15, 0.2) is 0 Å². The lowest BCUT2D eigenvalue weighted by Gasteiger charge is -2.19. The maximum absolute atomic E-state index is 11.8. The largest absolute Gasteiger partial charge is 0.460 e. The molecule has 0 saturated carbocycles. The van der Waals surface area contributed by atoms with Gasteiger partial charge in [0, 0.05) is 13.5 Å². The summed E-state index contributed by atoms with van der Waals surface area (Å²) in [6, 6.07) is 0. The Kier molecular flexibility index (Phi) is 15.4. The number of esters is 1. The highest BCUT2D eigenvalue weighted by atomic mass is 16.6. The SMILES string of the molecule is CCCCCCCCC(=O)OC(C)COC(C)COC(C)COC. The quantitative estimate of drug-likeness (QED) is 0.311. The predicted octanol–water partition coefficient (Wildman–Crippen LogP) is 4.13. The van der Waals surface area contributed by atoms with E-state index in [2.05, 4.69) is 6.92 Å². The van der Waals surface area contributed by atoms with Crippen LogP contribution in [-0.2, 0) is 23.7 Å². The fourth-order valence-corrected chi connectivity index (χ4v) is 2.30. The molecule has 0 heterocycles. The van der Waals surface area contributed by atoms with Crippen LogP contribution in [0.3, 0.4) is 0 Å². The summed E-state index contributed by atoms with van der Waals surface area (Å²) >= 11 is 0. The van der Waals surface area contributed by atoms with E-state index >= 15 is 0 Å². The maximum atomic E-state index is 11.8. The fourth-order valence-electron chi connectivity index (χ4n) is 2.30. The summed E-state index contributed by atoms with van der Waals surface area (Å²) in [5, 5.41) is 0. The summed E-state index contributed by atoms with van der Waals surface area (Å²) in [5.74, 6) is -0.126. The number of rotatable bonds is 16. The normalized spacial score (nSPS) is 15.0. The fraction of sp³-hybridized carbons (Fsp3) is 0.947. The van der Waals surface area contributed by atoms with Gasteiger partial charge in [-0.3, -0.25) is 4.79 Å². The van der Waals surface area contributed by atoms with Crippen LogP contribution < -0.4 is 0 Å². The van der Waals surface area contributed by atoms with Gasteiger partial charge in [0.2, 0.25) is 0 Å². The Labute approximate surface area is 148 Å². The van der Waals surface area contributed by atoms with Crippen molar-refractivity contribution in [1.29, 1.82) is 0 Å². The van der Waals surface area contributed by atoms with E-state index in [0.717, 1.165) is 12.8 Å². The Bertz CT molecular complexity index is 295. The van der Waals surface area contributed by atoms with E-state index in [9.17, 15) is 4.79 Å². The molecule has 0 aromatic heterocycles. The highest BCUT2D eigenvalue weighted by Crippen LogP contribution is 2.08. The number of hydrogen-bond acceptors (Lipinski definition) is 5. The molecule has 144 valence electrons. The number of ether oxygens (including phenoxy) is 4. The molecule has 0 rings (SSSR count). The van der Waals surface area contributed by atoms with Crippen LogP contribution in [0, 0.1) is 0 Å². The van der Waals surface area contributed by atoms with Crippen molar-refractivity contribution in [3.05, 3.63) is 0 Å². The number of methoxy groups -OCH3 is 1. The van der Waals surface area contributed by atoms with Gasteiger partial charge in [-0.05, 0) is 27.2 Å². The average Bonchev–Trinajstić information content (AvgIpc) is 2.54. The van der Waals surface area contributed by atoms with Crippen LogP contribution >= 0.6 is 0 Å². The van der Waals surface area contributed by atoms with Gasteiger partial charge in [0.1, 0.15) is 6.10 Å². The molecule has 3 atom stereocenters. The Hall–Kier alpha value is -0.650. The van der Waals surface area contributed by atoms with E-state index in [0.29, 0.717) is 26.2 Å². The zero-order valence-electron chi connectivity index (χ0n) is 16.3. The zero-order chi connectivity index (χ0) is 18.2. The molecular weight excluding hydrogens is 308 g/mol. The summed E-state index contributed by atoms with van der Waals surface area (Å²) in [7, 11) is 1.65. The third kappa shape index (κ3) is 14.9. The monoisotopic (exact) mass is 346 g/mol. The second-order valence-corrected chi connectivity index (χ2v) is 6.56. The Morgan fingerprint density at radius 1 is 0.792 bits per heavy atom. The minimum Gasteiger partial charge on any atom is -0.460 e. The highest BCUT2D eigenvalue weighted by molar-refractivity contribution is 5.69. The molecule has 0 aromatic rings. The molecule has 3 unspecified atom stereocenters. The molecule has 0 bridgehead atoms. The van der Waals surface area contributed by atoms with Crippen molar-refractivity contribution in [1.82, 2.24) is 0 Å². The molecule has 0 spiro atoms. The molecule has 5 heteroatoms. The molecular formula is C19H38O5. The first-order chi connectivity index (χ1) is 11.5. The van der Waals surface area contributed by atoms with Crippen molar-refractivity contribution in [3.63, 3.8) is 0 Å². The predicted molar refractivity (Wildman–Crippen MR) is 96.3 cm³/mol. The maximum Gasteiger partial charge on any atom is 0.306 e. The summed E-state index contributed by atoms with van der Waals surface area (Å²) in [6.45, 7) is 9.44. The van der Waals surface area contributed by atoms with Gasteiger partial charge in [-0.2, -0.15) is 0 Å². The standard InChI is InChI=1S/C19H38O5/c1-6-7-8-9-10-11-12-19(20)24-18(4)15-23-17(3)14-22-16(2)13-21-5/h16-18H,6-15H2,1-5H3. The van der Waals surface area contributed by atoms with Gasteiger partial charge >= 0.3 is 5.97 Å². The van der Waals surface area contributed by atoms with Crippen molar-refractivity contribution in [2.75, 3.05) is 26.9 Å². The number of hydrogen-bond donors (Lipinski definition) is 0. The van der Waals surface area contributed by atoms with Crippen molar-refractivity contribution in [3.8, 4) is 0 Å². The Morgan fingerprint density at radius 3 is 1.96 bits per heavy atom. The van der Waals surface area contributed by atoms with E-state index in [1.165, 1.54) is 25.7 Å².